The van der Waals surface area contributed by atoms with E-state index in [2.05, 4.69) is 41.5 Å². The van der Waals surface area contributed by atoms with Crippen molar-refractivity contribution in [1.29, 1.82) is 0 Å². The summed E-state index contributed by atoms with van der Waals surface area (Å²) < 4.78 is 2.01. The van der Waals surface area contributed by atoms with Gasteiger partial charge in [0.2, 0.25) is 5.91 Å². The number of primary amides is 1. The number of benzene rings is 3. The molecule has 0 radical (unpaired) electrons. The van der Waals surface area contributed by atoms with Gasteiger partial charge in [-0.2, -0.15) is 0 Å². The molecule has 5 rings (SSSR count). The maximum atomic E-state index is 13.4. The van der Waals surface area contributed by atoms with E-state index in [-0.39, 0.29) is 11.9 Å². The third-order valence-corrected chi connectivity index (χ3v) is 6.68. The molecule has 2 heterocycles. The highest BCUT2D eigenvalue weighted by Crippen LogP contribution is 2.26. The number of amides is 2. The molecule has 0 spiro atoms. The molecule has 0 atom stereocenters. The lowest BCUT2D eigenvalue weighted by Crippen LogP contribution is -2.43. The van der Waals surface area contributed by atoms with E-state index in [1.54, 1.807) is 12.1 Å². The van der Waals surface area contributed by atoms with Crippen molar-refractivity contribution in [1.82, 2.24) is 14.8 Å². The smallest absolute Gasteiger partial charge is 0.268 e. The third-order valence-electron chi connectivity index (χ3n) is 6.68. The Labute approximate surface area is 193 Å². The minimum Gasteiger partial charge on any atom is -0.366 e. The molecule has 3 N–H and O–H groups in total. The normalized spacial score (nSPS) is 15.2. The van der Waals surface area contributed by atoms with Gasteiger partial charge >= 0.3 is 0 Å². The van der Waals surface area contributed by atoms with Gasteiger partial charge in [0.25, 0.3) is 5.91 Å². The molecule has 1 aromatic heterocycles. The van der Waals surface area contributed by atoms with Gasteiger partial charge in [-0.25, -0.2) is 0 Å². The van der Waals surface area contributed by atoms with Crippen molar-refractivity contribution >= 4 is 33.5 Å². The summed E-state index contributed by atoms with van der Waals surface area (Å²) in [6, 6.07) is 21.9. The number of hydrogen-bond acceptors (Lipinski definition) is 3. The van der Waals surface area contributed by atoms with Crippen LogP contribution in [-0.2, 0) is 6.54 Å². The fourth-order valence-electron chi connectivity index (χ4n) is 4.78. The third kappa shape index (κ3) is 4.22. The summed E-state index contributed by atoms with van der Waals surface area (Å²) in [5, 5.41) is 6.45. The van der Waals surface area contributed by atoms with Gasteiger partial charge in [-0.1, -0.05) is 48.5 Å². The van der Waals surface area contributed by atoms with E-state index >= 15 is 0 Å². The Kier molecular flexibility index (Phi) is 5.60. The standard InChI is InChI=1S/C27H28N4O2/c1-30-13-11-22(12-14-30)29-27(33)25-15-19-9-10-20(26(28)32)16-24(19)31(25)17-21-7-4-6-18-5-2-3-8-23(18)21/h2-10,15-16,22H,11-14,17H2,1H3,(H2,28,32)(H,29,33). The Morgan fingerprint density at radius 3 is 2.52 bits per heavy atom. The Morgan fingerprint density at radius 1 is 0.970 bits per heavy atom. The van der Waals surface area contributed by atoms with E-state index in [9.17, 15) is 9.59 Å². The number of likely N-dealkylation sites (tertiary alicyclic amines) is 1. The molecule has 33 heavy (non-hydrogen) atoms. The Hall–Kier alpha value is -3.64. The topological polar surface area (TPSA) is 80.4 Å². The first-order valence-electron chi connectivity index (χ1n) is 11.4. The number of rotatable bonds is 5. The molecule has 1 fully saturated rings. The summed E-state index contributed by atoms with van der Waals surface area (Å²) in [6.07, 6.45) is 1.88. The monoisotopic (exact) mass is 440 g/mol. The molecule has 1 aliphatic heterocycles. The molecule has 3 aromatic carbocycles. The van der Waals surface area contributed by atoms with Crippen LogP contribution in [0.2, 0.25) is 0 Å². The number of nitrogens with one attached hydrogen (secondary N) is 1. The second-order valence-electron chi connectivity index (χ2n) is 8.94. The van der Waals surface area contributed by atoms with Crippen molar-refractivity contribution in [2.24, 2.45) is 5.73 Å². The lowest BCUT2D eigenvalue weighted by Gasteiger charge is -2.29. The van der Waals surface area contributed by atoms with E-state index < -0.39 is 5.91 Å². The number of hydrogen-bond donors (Lipinski definition) is 2. The highest BCUT2D eigenvalue weighted by molar-refractivity contribution is 6.02. The lowest BCUT2D eigenvalue weighted by molar-refractivity contribution is 0.0907. The van der Waals surface area contributed by atoms with E-state index in [0.717, 1.165) is 53.2 Å². The predicted octanol–water partition coefficient (Wildman–Crippen LogP) is 3.77. The molecule has 0 bridgehead atoms. The predicted molar refractivity (Wildman–Crippen MR) is 131 cm³/mol. The van der Waals surface area contributed by atoms with Gasteiger partial charge in [0.05, 0.1) is 0 Å². The average Bonchev–Trinajstić information content (AvgIpc) is 3.18. The maximum Gasteiger partial charge on any atom is 0.268 e. The number of carbonyl (C=O) groups is 2. The Bertz CT molecular complexity index is 1340. The van der Waals surface area contributed by atoms with E-state index in [1.807, 2.05) is 34.9 Å². The first kappa shape index (κ1) is 21.2. The van der Waals surface area contributed by atoms with Gasteiger partial charge in [-0.3, -0.25) is 9.59 Å². The van der Waals surface area contributed by atoms with Gasteiger partial charge in [0, 0.05) is 29.1 Å². The van der Waals surface area contributed by atoms with Crippen LogP contribution in [0.1, 0.15) is 39.3 Å². The molecule has 0 aliphatic carbocycles. The molecule has 1 aliphatic rings. The van der Waals surface area contributed by atoms with Gasteiger partial charge < -0.3 is 20.5 Å². The average molecular weight is 441 g/mol. The highest BCUT2D eigenvalue weighted by Gasteiger charge is 2.22. The van der Waals surface area contributed by atoms with Crippen molar-refractivity contribution in [2.45, 2.75) is 25.4 Å². The summed E-state index contributed by atoms with van der Waals surface area (Å²) in [6.45, 7) is 2.47. The van der Waals surface area contributed by atoms with Crippen molar-refractivity contribution in [3.63, 3.8) is 0 Å². The lowest BCUT2D eigenvalue weighted by atomic mass is 10.0. The van der Waals surface area contributed by atoms with Crippen LogP contribution < -0.4 is 11.1 Å². The largest absolute Gasteiger partial charge is 0.366 e. The number of aromatic nitrogens is 1. The summed E-state index contributed by atoms with van der Waals surface area (Å²) in [5.41, 5.74) is 8.52. The highest BCUT2D eigenvalue weighted by atomic mass is 16.2. The number of fused-ring (bicyclic) bond motifs is 2. The minimum absolute atomic E-state index is 0.0818. The second-order valence-corrected chi connectivity index (χ2v) is 8.94. The van der Waals surface area contributed by atoms with Crippen LogP contribution in [0.4, 0.5) is 0 Å². The minimum atomic E-state index is -0.480. The number of nitrogens with two attached hydrogens (primary N) is 1. The zero-order valence-electron chi connectivity index (χ0n) is 18.8. The quantitative estimate of drug-likeness (QED) is 0.496. The van der Waals surface area contributed by atoms with Crippen molar-refractivity contribution < 1.29 is 9.59 Å². The van der Waals surface area contributed by atoms with Gasteiger partial charge in [0.1, 0.15) is 5.69 Å². The summed E-state index contributed by atoms with van der Waals surface area (Å²) in [4.78, 5) is 27.6. The molecule has 6 nitrogen and oxygen atoms in total. The molecule has 0 unspecified atom stereocenters. The maximum absolute atomic E-state index is 13.4. The molecular formula is C27H28N4O2. The van der Waals surface area contributed by atoms with Crippen LogP contribution in [-0.4, -0.2) is 47.5 Å². The van der Waals surface area contributed by atoms with Gasteiger partial charge in [0.15, 0.2) is 0 Å². The summed E-state index contributed by atoms with van der Waals surface area (Å²) >= 11 is 0. The van der Waals surface area contributed by atoms with Gasteiger partial charge in [-0.05, 0) is 67.5 Å². The van der Waals surface area contributed by atoms with E-state index in [1.165, 1.54) is 0 Å². The molecule has 4 aromatic rings. The first-order chi connectivity index (χ1) is 16.0. The molecule has 0 saturated carbocycles. The van der Waals surface area contributed by atoms with Crippen LogP contribution in [0, 0.1) is 0 Å². The van der Waals surface area contributed by atoms with Crippen molar-refractivity contribution in [3.05, 3.63) is 83.6 Å². The van der Waals surface area contributed by atoms with Crippen LogP contribution >= 0.6 is 0 Å². The number of nitrogens with zero attached hydrogens (tertiary/aromatic N) is 2. The Morgan fingerprint density at radius 2 is 1.73 bits per heavy atom. The second kappa shape index (κ2) is 8.71. The van der Waals surface area contributed by atoms with Crippen LogP contribution in [0.3, 0.4) is 0 Å². The molecule has 1 saturated heterocycles. The molecule has 168 valence electrons. The number of carbonyl (C=O) groups excluding carboxylic acids is 2. The van der Waals surface area contributed by atoms with Gasteiger partial charge in [-0.15, -0.1) is 0 Å². The van der Waals surface area contributed by atoms with Crippen LogP contribution in [0.25, 0.3) is 21.7 Å². The SMILES string of the molecule is CN1CCC(NC(=O)c2cc3ccc(C(N)=O)cc3n2Cc2cccc3ccccc23)CC1. The fourth-order valence-corrected chi connectivity index (χ4v) is 4.78. The van der Waals surface area contributed by atoms with Crippen LogP contribution in [0.15, 0.2) is 66.7 Å². The zero-order chi connectivity index (χ0) is 22.9. The first-order valence-corrected chi connectivity index (χ1v) is 11.4. The summed E-state index contributed by atoms with van der Waals surface area (Å²) in [7, 11) is 2.11. The Balaban J connectivity index is 1.57. The van der Waals surface area contributed by atoms with E-state index in [0.29, 0.717) is 17.8 Å². The van der Waals surface area contributed by atoms with Crippen LogP contribution in [0.5, 0.6) is 0 Å². The molecule has 2 amide bonds. The molecular weight excluding hydrogens is 412 g/mol. The zero-order valence-corrected chi connectivity index (χ0v) is 18.8. The fraction of sp³-hybridized carbons (Fsp3) is 0.259. The van der Waals surface area contributed by atoms with E-state index in [4.69, 9.17) is 5.73 Å². The number of piperidine rings is 1. The van der Waals surface area contributed by atoms with Crippen molar-refractivity contribution in [2.75, 3.05) is 20.1 Å². The summed E-state index contributed by atoms with van der Waals surface area (Å²) in [5.74, 6) is -0.561. The molecule has 6 heteroatoms. The van der Waals surface area contributed by atoms with Crippen molar-refractivity contribution in [3.8, 4) is 0 Å².